The van der Waals surface area contributed by atoms with Crippen LogP contribution in [0.3, 0.4) is 0 Å². The number of carbonyl (C=O) groups is 2. The van der Waals surface area contributed by atoms with E-state index in [0.717, 1.165) is 146 Å². The number of carbonyl (C=O) groups excluding carboxylic acids is 2. The highest BCUT2D eigenvalue weighted by molar-refractivity contribution is 5.94. The normalized spacial score (nSPS) is 13.6. The first-order chi connectivity index (χ1) is 41.2. The summed E-state index contributed by atoms with van der Waals surface area (Å²) in [4.78, 5) is 65.8. The fraction of sp³-hybridized carbons (Fsp3) is 0.303. The molecule has 0 atom stereocenters. The number of nitrogens with one attached hydrogen (secondary N) is 5. The highest BCUT2D eigenvalue weighted by Gasteiger charge is 2.20. The van der Waals surface area contributed by atoms with Crippen molar-refractivity contribution in [3.63, 3.8) is 0 Å². The fourth-order valence-corrected chi connectivity index (χ4v) is 9.72. The van der Waals surface area contributed by atoms with Crippen LogP contribution >= 0.6 is 0 Å². The minimum Gasteiger partial charge on any atom is -0.383 e. The molecule has 0 spiro atoms. The van der Waals surface area contributed by atoms with Crippen LogP contribution in [0, 0.1) is 47.0 Å². The lowest BCUT2D eigenvalue weighted by atomic mass is 10.0. The van der Waals surface area contributed by atoms with Gasteiger partial charge >= 0.3 is 0 Å². The molecule has 0 aliphatic carbocycles. The first-order valence-electron chi connectivity index (χ1n) is 28.3. The number of methoxy groups -OCH3 is 1. The highest BCUT2D eigenvalue weighted by atomic mass is 19.2. The Labute approximate surface area is 491 Å². The van der Waals surface area contributed by atoms with Gasteiger partial charge in [-0.15, -0.1) is 0 Å². The van der Waals surface area contributed by atoms with Gasteiger partial charge in [-0.2, -0.15) is 0 Å². The number of hydrogen-bond acceptors (Lipinski definition) is 11. The number of aromatic amines is 1. The molecule has 15 nitrogen and oxygen atoms in total. The van der Waals surface area contributed by atoms with E-state index in [2.05, 4.69) is 88.8 Å². The Morgan fingerprint density at radius 2 is 1.16 bits per heavy atom. The van der Waals surface area contributed by atoms with Crippen molar-refractivity contribution < 1.29 is 31.9 Å². The number of amides is 2. The second kappa shape index (κ2) is 31.0. The van der Waals surface area contributed by atoms with E-state index in [0.29, 0.717) is 17.6 Å². The van der Waals surface area contributed by atoms with Gasteiger partial charge in [0.05, 0.1) is 61.0 Å². The lowest BCUT2D eigenvalue weighted by Crippen LogP contribution is -2.40. The van der Waals surface area contributed by atoms with E-state index in [1.165, 1.54) is 41.2 Å². The molecule has 2 aliphatic heterocycles. The Morgan fingerprint density at radius 1 is 0.635 bits per heavy atom. The van der Waals surface area contributed by atoms with Crippen molar-refractivity contribution in [2.75, 3.05) is 76.7 Å². The molecule has 2 amide bonds. The zero-order valence-electron chi connectivity index (χ0n) is 47.8. The summed E-state index contributed by atoms with van der Waals surface area (Å²) in [5.41, 5.74) is 5.67. The molecule has 0 radical (unpaired) electrons. The monoisotopic (exact) mass is 1160 g/mol. The van der Waals surface area contributed by atoms with Crippen LogP contribution in [0.25, 0.3) is 21.8 Å². The van der Waals surface area contributed by atoms with Gasteiger partial charge in [-0.3, -0.25) is 29.1 Å². The number of piperidine rings is 2. The number of aryl methyl sites for hydroxylation is 1. The van der Waals surface area contributed by atoms with Crippen LogP contribution in [0.15, 0.2) is 144 Å². The third-order valence-corrected chi connectivity index (χ3v) is 14.5. The molecule has 6 heterocycles. The number of halogens is 4. The quantitative estimate of drug-likeness (QED) is 0.0489. The molecule has 10 rings (SSSR count). The molecule has 440 valence electrons. The number of ether oxygens (including phenoxy) is 1. The van der Waals surface area contributed by atoms with Gasteiger partial charge in [0.1, 0.15) is 11.1 Å². The van der Waals surface area contributed by atoms with E-state index < -0.39 is 46.2 Å². The van der Waals surface area contributed by atoms with Gasteiger partial charge in [0.2, 0.25) is 0 Å². The molecule has 85 heavy (non-hydrogen) atoms. The molecule has 4 aromatic heterocycles. The Balaban J connectivity index is 0.000000196. The highest BCUT2D eigenvalue weighted by Crippen LogP contribution is 2.23. The number of rotatable bonds is 15. The maximum atomic E-state index is 13.6. The lowest BCUT2D eigenvalue weighted by Gasteiger charge is -2.32. The van der Waals surface area contributed by atoms with Gasteiger partial charge in [0.15, 0.2) is 23.3 Å². The molecular weight excluding hydrogens is 1090 g/mol. The number of benzene rings is 4. The molecule has 19 heteroatoms. The number of likely N-dealkylation sites (tertiary alicyclic amines) is 2. The average molecular weight is 1160 g/mol. The van der Waals surface area contributed by atoms with E-state index in [1.807, 2.05) is 55.7 Å². The van der Waals surface area contributed by atoms with Crippen LogP contribution in [-0.2, 0) is 17.7 Å². The lowest BCUT2D eigenvalue weighted by molar-refractivity contribution is 0.0948. The molecular formula is C66H68F4N10O5. The van der Waals surface area contributed by atoms with Crippen LogP contribution in [-0.4, -0.2) is 119 Å². The molecule has 2 aliphatic rings. The van der Waals surface area contributed by atoms with Crippen LogP contribution in [0.4, 0.5) is 28.9 Å². The minimum absolute atomic E-state index is 0.000837. The van der Waals surface area contributed by atoms with Gasteiger partial charge in [0.25, 0.3) is 22.9 Å². The van der Waals surface area contributed by atoms with E-state index >= 15 is 0 Å². The van der Waals surface area contributed by atoms with Gasteiger partial charge in [-0.1, -0.05) is 49.7 Å². The molecule has 2 saturated heterocycles. The topological polar surface area (TPSA) is 179 Å². The van der Waals surface area contributed by atoms with E-state index in [-0.39, 0.29) is 30.8 Å². The van der Waals surface area contributed by atoms with Crippen molar-refractivity contribution in [2.45, 2.75) is 64.6 Å². The van der Waals surface area contributed by atoms with Crippen molar-refractivity contribution in [3.8, 4) is 23.7 Å². The third-order valence-electron chi connectivity index (χ3n) is 14.5. The molecule has 5 N–H and O–H groups in total. The minimum atomic E-state index is -0.997. The van der Waals surface area contributed by atoms with Crippen LogP contribution in [0.5, 0.6) is 0 Å². The van der Waals surface area contributed by atoms with E-state index in [9.17, 15) is 36.7 Å². The third kappa shape index (κ3) is 18.2. The van der Waals surface area contributed by atoms with Crippen molar-refractivity contribution in [3.05, 3.63) is 211 Å². The standard InChI is InChI=1S/C33H33F2N5O3.C25H27N5O2.C8H8F2/c1-43-17-16-39-14-10-26(11-15-39)38-27-20-25-18-23(7-9-31(25)37-21-27)4-2-12-36-32(41)28-5-3-13-40(33(28)42)22-24-6-8-29(34)30(35)19-24;1-2-30-13-9-20(10-14-30)29-21-16-19-15-18(7-8-23(19)28-17-21)5-3-11-26-24(31)22-6-4-12-27-25(22)32;1-2-6-3-4-7(9)8(10)5-6/h3,5-9,13,18-21,26,38H,10-12,14-17,22H2,1H3,(H,36,41);4,6-8,12,15-17,20,29H,2,9-11,13-14H2,1H3,(H,26,31)(H,27,32);3-5H,2H2,1H3. The summed E-state index contributed by atoms with van der Waals surface area (Å²) < 4.78 is 57.9. The second-order valence-corrected chi connectivity index (χ2v) is 20.5. The molecule has 4 aromatic carbocycles. The predicted octanol–water partition coefficient (Wildman–Crippen LogP) is 9.16. The Kier molecular flexibility index (Phi) is 22.5. The van der Waals surface area contributed by atoms with E-state index in [4.69, 9.17) is 4.74 Å². The van der Waals surface area contributed by atoms with Crippen molar-refractivity contribution >= 4 is 45.0 Å². The van der Waals surface area contributed by atoms with Crippen molar-refractivity contribution in [1.29, 1.82) is 0 Å². The summed E-state index contributed by atoms with van der Waals surface area (Å²) in [6.45, 7) is 11.5. The zero-order chi connectivity index (χ0) is 60.1. The number of H-pyrrole nitrogens is 1. The number of aromatic nitrogens is 4. The summed E-state index contributed by atoms with van der Waals surface area (Å²) in [6, 6.07) is 30.1. The Bertz CT molecular complexity index is 3850. The van der Waals surface area contributed by atoms with Crippen LogP contribution in [0.2, 0.25) is 0 Å². The van der Waals surface area contributed by atoms with Gasteiger partial charge in [-0.25, -0.2) is 17.6 Å². The van der Waals surface area contributed by atoms with Crippen LogP contribution in [0.1, 0.15) is 82.5 Å². The van der Waals surface area contributed by atoms with E-state index in [1.54, 1.807) is 25.3 Å². The fourth-order valence-electron chi connectivity index (χ4n) is 9.72. The summed E-state index contributed by atoms with van der Waals surface area (Å²) in [5, 5.41) is 14.5. The van der Waals surface area contributed by atoms with Gasteiger partial charge < -0.3 is 45.4 Å². The number of hydrogen-bond donors (Lipinski definition) is 5. The number of nitrogens with zero attached hydrogens (tertiary/aromatic N) is 5. The first-order valence-corrected chi connectivity index (χ1v) is 28.3. The van der Waals surface area contributed by atoms with Crippen molar-refractivity contribution in [2.24, 2.45) is 0 Å². The molecule has 0 bridgehead atoms. The maximum absolute atomic E-state index is 13.6. The zero-order valence-corrected chi connectivity index (χ0v) is 47.8. The Morgan fingerprint density at radius 3 is 1.69 bits per heavy atom. The maximum Gasteiger partial charge on any atom is 0.263 e. The number of fused-ring (bicyclic) bond motifs is 2. The number of pyridine rings is 4. The van der Waals surface area contributed by atoms with Gasteiger partial charge in [-0.05, 0) is 147 Å². The predicted molar refractivity (Wildman–Crippen MR) is 325 cm³/mol. The van der Waals surface area contributed by atoms with Crippen molar-refractivity contribution in [1.82, 2.24) is 40.0 Å². The smallest absolute Gasteiger partial charge is 0.263 e. The summed E-state index contributed by atoms with van der Waals surface area (Å²) >= 11 is 0. The number of anilines is 2. The molecule has 0 unspecified atom stereocenters. The summed E-state index contributed by atoms with van der Waals surface area (Å²) in [5.74, 6) is 7.48. The van der Waals surface area contributed by atoms with Crippen LogP contribution < -0.4 is 32.4 Å². The largest absolute Gasteiger partial charge is 0.383 e. The Hall–Kier alpha value is -9.14. The summed E-state index contributed by atoms with van der Waals surface area (Å²) in [6.07, 6.45) is 11.9. The SMILES string of the molecule is CCN1CCC(Nc2cnc3ccc(C#CCNC(=O)c4ccc[nH]c4=O)cc3c2)CC1.CCc1ccc(F)c(F)c1.COCCN1CCC(Nc2cnc3ccc(C#CCNC(=O)c4cccn(Cc5ccc(F)c(F)c5)c4=O)cc3c2)CC1. The second-order valence-electron chi connectivity index (χ2n) is 20.5. The molecule has 0 saturated carbocycles. The van der Waals surface area contributed by atoms with Gasteiger partial charge in [0, 0.05) is 86.2 Å². The average Bonchev–Trinajstić information content (AvgIpc) is 3.72. The molecule has 2 fully saturated rings. The molecule has 8 aromatic rings. The summed E-state index contributed by atoms with van der Waals surface area (Å²) in [7, 11) is 1.73. The first kappa shape index (κ1) is 61.9.